The Morgan fingerprint density at radius 1 is 1.13 bits per heavy atom. The second-order valence-electron chi connectivity index (χ2n) is 6.63. The third-order valence-corrected chi connectivity index (χ3v) is 4.60. The molecule has 1 aromatic heterocycles. The van der Waals surface area contributed by atoms with Crippen LogP contribution in [0.4, 0.5) is 0 Å². The van der Waals surface area contributed by atoms with E-state index >= 15 is 0 Å². The summed E-state index contributed by atoms with van der Waals surface area (Å²) in [6.45, 7) is 0.194. The van der Waals surface area contributed by atoms with Crippen LogP contribution in [0.2, 0.25) is 0 Å². The van der Waals surface area contributed by atoms with Crippen molar-refractivity contribution in [2.24, 2.45) is 5.16 Å². The van der Waals surface area contributed by atoms with Crippen LogP contribution in [0.3, 0.4) is 0 Å². The molecule has 3 N–H and O–H groups in total. The SMILES string of the molecule is COC(=O)[C@H](COCc1ccccc1)NC(=O)C(Cc1c[nH]c2ccccc12)=NO. The average molecular weight is 409 g/mol. The van der Waals surface area contributed by atoms with Gasteiger partial charge in [0.15, 0.2) is 6.04 Å². The van der Waals surface area contributed by atoms with Gasteiger partial charge in [-0.25, -0.2) is 4.79 Å². The zero-order chi connectivity index (χ0) is 21.3. The number of ether oxygens (including phenoxy) is 2. The van der Waals surface area contributed by atoms with E-state index in [0.717, 1.165) is 22.0 Å². The molecule has 3 aromatic rings. The minimum absolute atomic E-state index is 0.0842. The third kappa shape index (κ3) is 5.24. The maximum absolute atomic E-state index is 12.6. The Bertz CT molecular complexity index is 1030. The maximum atomic E-state index is 12.6. The monoisotopic (exact) mass is 409 g/mol. The number of hydrogen-bond donors (Lipinski definition) is 3. The second kappa shape index (κ2) is 10.2. The highest BCUT2D eigenvalue weighted by molar-refractivity contribution is 6.39. The Morgan fingerprint density at radius 3 is 2.60 bits per heavy atom. The van der Waals surface area contributed by atoms with Gasteiger partial charge in [-0.3, -0.25) is 4.79 Å². The van der Waals surface area contributed by atoms with Crippen LogP contribution < -0.4 is 5.32 Å². The van der Waals surface area contributed by atoms with Crippen molar-refractivity contribution in [3.8, 4) is 0 Å². The van der Waals surface area contributed by atoms with Gasteiger partial charge in [0.1, 0.15) is 5.71 Å². The van der Waals surface area contributed by atoms with Crippen molar-refractivity contribution in [2.75, 3.05) is 13.7 Å². The lowest BCUT2D eigenvalue weighted by atomic mass is 10.1. The molecule has 1 amide bonds. The molecule has 8 nitrogen and oxygen atoms in total. The number of carbonyl (C=O) groups is 2. The van der Waals surface area contributed by atoms with Crippen molar-refractivity contribution in [3.63, 3.8) is 0 Å². The molecule has 0 aliphatic carbocycles. The summed E-state index contributed by atoms with van der Waals surface area (Å²) < 4.78 is 10.3. The number of para-hydroxylation sites is 1. The lowest BCUT2D eigenvalue weighted by Gasteiger charge is -2.17. The normalized spacial score (nSPS) is 12.5. The van der Waals surface area contributed by atoms with Crippen LogP contribution in [0.25, 0.3) is 10.9 Å². The molecule has 0 spiro atoms. The topological polar surface area (TPSA) is 113 Å². The minimum Gasteiger partial charge on any atom is -0.467 e. The van der Waals surface area contributed by atoms with Gasteiger partial charge in [-0.15, -0.1) is 0 Å². The number of amides is 1. The first kappa shape index (κ1) is 21.1. The molecule has 1 atom stereocenters. The highest BCUT2D eigenvalue weighted by Gasteiger charge is 2.25. The maximum Gasteiger partial charge on any atom is 0.330 e. The summed E-state index contributed by atoms with van der Waals surface area (Å²) in [7, 11) is 1.23. The highest BCUT2D eigenvalue weighted by atomic mass is 16.5. The Morgan fingerprint density at radius 2 is 1.87 bits per heavy atom. The predicted molar refractivity (Wildman–Crippen MR) is 111 cm³/mol. The number of H-pyrrole nitrogens is 1. The third-order valence-electron chi connectivity index (χ3n) is 4.60. The quantitative estimate of drug-likeness (QED) is 0.217. The van der Waals surface area contributed by atoms with E-state index < -0.39 is 17.9 Å². The first-order valence-electron chi connectivity index (χ1n) is 9.38. The van der Waals surface area contributed by atoms with Crippen molar-refractivity contribution >= 4 is 28.5 Å². The minimum atomic E-state index is -1.04. The number of aromatic nitrogens is 1. The summed E-state index contributed by atoms with van der Waals surface area (Å²) in [4.78, 5) is 27.8. The van der Waals surface area contributed by atoms with Gasteiger partial charge in [-0.2, -0.15) is 0 Å². The lowest BCUT2D eigenvalue weighted by Crippen LogP contribution is -2.47. The standard InChI is InChI=1S/C22H23N3O5/c1-29-22(27)20(14-30-13-15-7-3-2-4-8-15)24-21(26)19(25-28)11-16-12-23-18-10-6-5-9-17(16)18/h2-10,12,20,23,28H,11,13-14H2,1H3,(H,24,26)/t20-/m0/s1. The summed E-state index contributed by atoms with van der Waals surface area (Å²) in [5, 5.41) is 15.9. The summed E-state index contributed by atoms with van der Waals surface area (Å²) >= 11 is 0. The largest absolute Gasteiger partial charge is 0.467 e. The van der Waals surface area contributed by atoms with E-state index in [1.165, 1.54) is 7.11 Å². The van der Waals surface area contributed by atoms with E-state index in [0.29, 0.717) is 0 Å². The number of oxime groups is 1. The van der Waals surface area contributed by atoms with E-state index in [2.05, 4.69) is 15.5 Å². The zero-order valence-corrected chi connectivity index (χ0v) is 16.5. The van der Waals surface area contributed by atoms with Gasteiger partial charge < -0.3 is 25.0 Å². The average Bonchev–Trinajstić information content (AvgIpc) is 3.19. The van der Waals surface area contributed by atoms with Crippen LogP contribution in [-0.2, 0) is 32.1 Å². The van der Waals surface area contributed by atoms with Crippen molar-refractivity contribution < 1.29 is 24.3 Å². The van der Waals surface area contributed by atoms with Crippen LogP contribution in [0.15, 0.2) is 65.9 Å². The molecule has 0 fully saturated rings. The Labute approximate surface area is 173 Å². The molecular weight excluding hydrogens is 386 g/mol. The van der Waals surface area contributed by atoms with Crippen molar-refractivity contribution in [2.45, 2.75) is 19.1 Å². The van der Waals surface area contributed by atoms with Gasteiger partial charge in [0, 0.05) is 23.5 Å². The van der Waals surface area contributed by atoms with Gasteiger partial charge in [-0.05, 0) is 17.2 Å². The van der Waals surface area contributed by atoms with Gasteiger partial charge in [0.2, 0.25) is 0 Å². The summed E-state index contributed by atoms with van der Waals surface area (Å²) in [6.07, 6.45) is 1.84. The fourth-order valence-corrected chi connectivity index (χ4v) is 3.04. The first-order chi connectivity index (χ1) is 14.6. The van der Waals surface area contributed by atoms with Crippen molar-refractivity contribution in [1.29, 1.82) is 0 Å². The fraction of sp³-hybridized carbons (Fsp3) is 0.227. The number of esters is 1. The molecule has 30 heavy (non-hydrogen) atoms. The fourth-order valence-electron chi connectivity index (χ4n) is 3.04. The summed E-state index contributed by atoms with van der Waals surface area (Å²) in [6, 6.07) is 16.0. The number of fused-ring (bicyclic) bond motifs is 1. The van der Waals surface area contributed by atoms with Gasteiger partial charge in [0.25, 0.3) is 5.91 Å². The predicted octanol–water partition coefficient (Wildman–Crippen LogP) is 2.42. The number of aromatic amines is 1. The van der Waals surface area contributed by atoms with Crippen LogP contribution >= 0.6 is 0 Å². The second-order valence-corrected chi connectivity index (χ2v) is 6.63. The molecule has 0 bridgehead atoms. The van der Waals surface area contributed by atoms with E-state index in [1.807, 2.05) is 54.6 Å². The molecule has 8 heteroatoms. The smallest absolute Gasteiger partial charge is 0.330 e. The molecule has 0 saturated heterocycles. The van der Waals surface area contributed by atoms with E-state index in [-0.39, 0.29) is 25.3 Å². The number of carbonyl (C=O) groups excluding carboxylic acids is 2. The number of nitrogens with zero attached hydrogens (tertiary/aromatic N) is 1. The van der Waals surface area contributed by atoms with Crippen LogP contribution in [0.5, 0.6) is 0 Å². The molecule has 0 unspecified atom stereocenters. The van der Waals surface area contributed by atoms with Crippen LogP contribution in [0.1, 0.15) is 11.1 Å². The first-order valence-corrected chi connectivity index (χ1v) is 9.38. The van der Waals surface area contributed by atoms with E-state index in [1.54, 1.807) is 6.20 Å². The Kier molecular flexibility index (Phi) is 7.18. The Hall–Kier alpha value is -3.65. The molecular formula is C22H23N3O5. The molecule has 156 valence electrons. The molecule has 0 saturated carbocycles. The summed E-state index contributed by atoms with van der Waals surface area (Å²) in [5.41, 5.74) is 2.51. The number of nitrogens with one attached hydrogen (secondary N) is 2. The number of rotatable bonds is 9. The van der Waals surface area contributed by atoms with Crippen molar-refractivity contribution in [1.82, 2.24) is 10.3 Å². The molecule has 0 aliphatic heterocycles. The van der Waals surface area contributed by atoms with Gasteiger partial charge >= 0.3 is 5.97 Å². The number of methoxy groups -OCH3 is 1. The molecule has 2 aromatic carbocycles. The lowest BCUT2D eigenvalue weighted by molar-refractivity contribution is -0.146. The van der Waals surface area contributed by atoms with Crippen LogP contribution in [-0.4, -0.2) is 47.5 Å². The zero-order valence-electron chi connectivity index (χ0n) is 16.5. The van der Waals surface area contributed by atoms with Crippen LogP contribution in [0, 0.1) is 0 Å². The van der Waals surface area contributed by atoms with E-state index in [9.17, 15) is 14.8 Å². The number of benzene rings is 2. The number of hydrogen-bond acceptors (Lipinski definition) is 6. The van der Waals surface area contributed by atoms with Gasteiger partial charge in [-0.1, -0.05) is 53.7 Å². The Balaban J connectivity index is 1.63. The molecule has 1 heterocycles. The van der Waals surface area contributed by atoms with E-state index in [4.69, 9.17) is 9.47 Å². The summed E-state index contributed by atoms with van der Waals surface area (Å²) in [5.74, 6) is -1.33. The highest BCUT2D eigenvalue weighted by Crippen LogP contribution is 2.18. The molecule has 0 radical (unpaired) electrons. The van der Waals surface area contributed by atoms with Gasteiger partial charge in [0.05, 0.1) is 20.3 Å². The van der Waals surface area contributed by atoms with Crippen molar-refractivity contribution in [3.05, 3.63) is 71.9 Å². The molecule has 3 rings (SSSR count). The molecule has 0 aliphatic rings.